The van der Waals surface area contributed by atoms with Crippen molar-refractivity contribution in [3.63, 3.8) is 0 Å². The van der Waals surface area contributed by atoms with E-state index in [1.54, 1.807) is 24.3 Å². The molecule has 142 valence electrons. The number of aromatic nitrogens is 1. The highest BCUT2D eigenvalue weighted by molar-refractivity contribution is 6.33. The van der Waals surface area contributed by atoms with Crippen molar-refractivity contribution in [2.24, 2.45) is 0 Å². The van der Waals surface area contributed by atoms with Gasteiger partial charge in [-0.05, 0) is 42.5 Å². The molecule has 0 aliphatic rings. The Balaban J connectivity index is 1.74. The molecule has 0 radical (unpaired) electrons. The lowest BCUT2D eigenvalue weighted by Gasteiger charge is -2.10. The van der Waals surface area contributed by atoms with Crippen LogP contribution in [-0.4, -0.2) is 24.0 Å². The van der Waals surface area contributed by atoms with Gasteiger partial charge in [-0.2, -0.15) is 0 Å². The summed E-state index contributed by atoms with van der Waals surface area (Å²) in [7, 11) is 1.29. The molecule has 1 heterocycles. The van der Waals surface area contributed by atoms with Gasteiger partial charge in [-0.25, -0.2) is 14.2 Å². The van der Waals surface area contributed by atoms with Crippen molar-refractivity contribution in [3.05, 3.63) is 82.8 Å². The average Bonchev–Trinajstić information content (AvgIpc) is 2.71. The van der Waals surface area contributed by atoms with Crippen LogP contribution >= 0.6 is 11.6 Å². The van der Waals surface area contributed by atoms with Gasteiger partial charge in [0.25, 0.3) is 5.91 Å². The van der Waals surface area contributed by atoms with Crippen molar-refractivity contribution in [3.8, 4) is 0 Å². The number of halogens is 2. The molecule has 0 aliphatic heterocycles. The molecule has 0 saturated heterocycles. The summed E-state index contributed by atoms with van der Waals surface area (Å²) in [6, 6.07) is 13.6. The highest BCUT2D eigenvalue weighted by atomic mass is 35.5. The number of hydrogen-bond acceptors (Lipinski definition) is 5. The predicted octanol–water partition coefficient (Wildman–Crippen LogP) is 4.66. The van der Waals surface area contributed by atoms with Gasteiger partial charge in [0.1, 0.15) is 11.6 Å². The van der Waals surface area contributed by atoms with Gasteiger partial charge in [0.2, 0.25) is 0 Å². The Morgan fingerprint density at radius 2 is 1.79 bits per heavy atom. The number of para-hydroxylation sites is 1. The molecule has 28 heavy (non-hydrogen) atoms. The van der Waals surface area contributed by atoms with E-state index < -0.39 is 17.7 Å². The summed E-state index contributed by atoms with van der Waals surface area (Å²) in [5.41, 5.74) is 1.13. The quantitative estimate of drug-likeness (QED) is 0.610. The first-order valence-electron chi connectivity index (χ1n) is 8.15. The Kier molecular flexibility index (Phi) is 5.86. The van der Waals surface area contributed by atoms with Gasteiger partial charge < -0.3 is 15.4 Å². The zero-order valence-electron chi connectivity index (χ0n) is 14.7. The second kappa shape index (κ2) is 8.49. The maximum atomic E-state index is 13.6. The molecule has 2 aromatic carbocycles. The number of rotatable bonds is 5. The summed E-state index contributed by atoms with van der Waals surface area (Å²) in [6.07, 6.45) is 1.34. The molecule has 8 heteroatoms. The SMILES string of the molecule is COC(=O)c1ccc(Cl)c(Nc2ccc(C(=O)Nc3ccccc3F)cn2)c1. The minimum Gasteiger partial charge on any atom is -0.465 e. The van der Waals surface area contributed by atoms with Crippen LogP contribution in [0, 0.1) is 5.82 Å². The number of benzene rings is 2. The third-order valence-corrected chi connectivity index (χ3v) is 4.13. The lowest BCUT2D eigenvalue weighted by Crippen LogP contribution is -2.13. The number of carbonyl (C=O) groups excluding carboxylic acids is 2. The Bertz CT molecular complexity index is 1030. The van der Waals surface area contributed by atoms with Gasteiger partial charge >= 0.3 is 5.97 Å². The highest BCUT2D eigenvalue weighted by Gasteiger charge is 2.12. The van der Waals surface area contributed by atoms with Crippen molar-refractivity contribution < 1.29 is 18.7 Å². The fourth-order valence-corrected chi connectivity index (χ4v) is 2.53. The lowest BCUT2D eigenvalue weighted by molar-refractivity contribution is 0.0600. The molecule has 0 aliphatic carbocycles. The largest absolute Gasteiger partial charge is 0.465 e. The van der Waals surface area contributed by atoms with E-state index in [9.17, 15) is 14.0 Å². The molecule has 2 N–H and O–H groups in total. The fraction of sp³-hybridized carbons (Fsp3) is 0.0500. The molecular weight excluding hydrogens is 385 g/mol. The van der Waals surface area contributed by atoms with E-state index >= 15 is 0 Å². The zero-order valence-corrected chi connectivity index (χ0v) is 15.5. The monoisotopic (exact) mass is 399 g/mol. The fourth-order valence-electron chi connectivity index (χ4n) is 2.36. The minimum atomic E-state index is -0.526. The first kappa shape index (κ1) is 19.3. The molecule has 0 spiro atoms. The molecular formula is C20H15ClFN3O3. The van der Waals surface area contributed by atoms with Crippen LogP contribution in [0.2, 0.25) is 5.02 Å². The number of esters is 1. The van der Waals surface area contributed by atoms with Crippen molar-refractivity contribution in [1.29, 1.82) is 0 Å². The van der Waals surface area contributed by atoms with Crippen LogP contribution in [0.4, 0.5) is 21.6 Å². The van der Waals surface area contributed by atoms with Gasteiger partial charge in [0.15, 0.2) is 0 Å². The van der Waals surface area contributed by atoms with Gasteiger partial charge in [-0.1, -0.05) is 23.7 Å². The summed E-state index contributed by atoms with van der Waals surface area (Å²) in [4.78, 5) is 28.0. The molecule has 1 amide bonds. The van der Waals surface area contributed by atoms with Crippen LogP contribution in [0.25, 0.3) is 0 Å². The molecule has 1 aromatic heterocycles. The number of nitrogens with one attached hydrogen (secondary N) is 2. The molecule has 0 bridgehead atoms. The standard InChI is InChI=1S/C20H15ClFN3O3/c1-28-20(27)12-6-8-14(21)17(10-12)24-18-9-7-13(11-23-18)19(26)25-16-5-3-2-4-15(16)22/h2-11H,1H3,(H,23,24)(H,25,26). The molecule has 3 rings (SSSR count). The third-order valence-electron chi connectivity index (χ3n) is 3.80. The second-order valence-corrected chi connectivity index (χ2v) is 6.08. The first-order chi connectivity index (χ1) is 13.5. The number of methoxy groups -OCH3 is 1. The second-order valence-electron chi connectivity index (χ2n) is 5.68. The number of carbonyl (C=O) groups is 2. The van der Waals surface area contributed by atoms with E-state index in [-0.39, 0.29) is 11.3 Å². The molecule has 0 saturated carbocycles. The predicted molar refractivity (Wildman–Crippen MR) is 105 cm³/mol. The molecule has 0 unspecified atom stereocenters. The number of pyridine rings is 1. The van der Waals surface area contributed by atoms with Gasteiger partial charge in [-0.15, -0.1) is 0 Å². The number of nitrogens with zero attached hydrogens (tertiary/aromatic N) is 1. The van der Waals surface area contributed by atoms with Crippen molar-refractivity contribution in [2.75, 3.05) is 17.7 Å². The smallest absolute Gasteiger partial charge is 0.337 e. The topological polar surface area (TPSA) is 80.3 Å². The average molecular weight is 400 g/mol. The summed E-state index contributed by atoms with van der Waals surface area (Å²) in [5, 5.41) is 5.84. The Morgan fingerprint density at radius 1 is 1.04 bits per heavy atom. The van der Waals surface area contributed by atoms with E-state index in [0.717, 1.165) is 0 Å². The van der Waals surface area contributed by atoms with Crippen molar-refractivity contribution >= 4 is 40.7 Å². The Hall–Kier alpha value is -3.45. The summed E-state index contributed by atoms with van der Waals surface area (Å²) >= 11 is 6.14. The molecule has 0 fully saturated rings. The number of hydrogen-bond donors (Lipinski definition) is 2. The van der Waals surface area contributed by atoms with Crippen molar-refractivity contribution in [1.82, 2.24) is 4.98 Å². The normalized spacial score (nSPS) is 10.2. The highest BCUT2D eigenvalue weighted by Crippen LogP contribution is 2.26. The molecule has 3 aromatic rings. The minimum absolute atomic E-state index is 0.0844. The molecule has 0 atom stereocenters. The maximum Gasteiger partial charge on any atom is 0.337 e. The zero-order chi connectivity index (χ0) is 20.1. The Labute approximate surface area is 165 Å². The van der Waals surface area contributed by atoms with Crippen LogP contribution in [0.5, 0.6) is 0 Å². The van der Waals surface area contributed by atoms with E-state index in [2.05, 4.69) is 20.4 Å². The van der Waals surface area contributed by atoms with Crippen molar-refractivity contribution in [2.45, 2.75) is 0 Å². The lowest BCUT2D eigenvalue weighted by atomic mass is 10.2. The van der Waals surface area contributed by atoms with E-state index in [1.165, 1.54) is 43.6 Å². The summed E-state index contributed by atoms with van der Waals surface area (Å²) < 4.78 is 18.3. The Morgan fingerprint density at radius 3 is 2.46 bits per heavy atom. The van der Waals surface area contributed by atoms with Gasteiger partial charge in [-0.3, -0.25) is 4.79 Å². The maximum absolute atomic E-state index is 13.6. The first-order valence-corrected chi connectivity index (χ1v) is 8.52. The summed E-state index contributed by atoms with van der Waals surface area (Å²) in [5.74, 6) is -1.10. The van der Waals surface area contributed by atoms with Gasteiger partial charge in [0, 0.05) is 6.20 Å². The van der Waals surface area contributed by atoms with Crippen LogP contribution in [0.3, 0.4) is 0 Å². The van der Waals surface area contributed by atoms with E-state index in [0.29, 0.717) is 22.1 Å². The third kappa shape index (κ3) is 4.44. The van der Waals surface area contributed by atoms with E-state index in [1.807, 2.05) is 0 Å². The van der Waals surface area contributed by atoms with E-state index in [4.69, 9.17) is 11.6 Å². The number of anilines is 3. The number of amides is 1. The van der Waals surface area contributed by atoms with Crippen LogP contribution < -0.4 is 10.6 Å². The summed E-state index contributed by atoms with van der Waals surface area (Å²) in [6.45, 7) is 0. The van der Waals surface area contributed by atoms with Crippen LogP contribution in [-0.2, 0) is 4.74 Å². The van der Waals surface area contributed by atoms with Crippen LogP contribution in [0.1, 0.15) is 20.7 Å². The molecule has 6 nitrogen and oxygen atoms in total. The van der Waals surface area contributed by atoms with Crippen LogP contribution in [0.15, 0.2) is 60.8 Å². The number of ether oxygens (including phenoxy) is 1. The van der Waals surface area contributed by atoms with Gasteiger partial charge in [0.05, 0.1) is 34.6 Å².